The molecule has 0 bridgehead atoms. The van der Waals surface area contributed by atoms with Gasteiger partial charge in [-0.3, -0.25) is 0 Å². The predicted molar refractivity (Wildman–Crippen MR) is 66.9 cm³/mol. The third-order valence-electron chi connectivity index (χ3n) is 2.16. The largest absolute Gasteiger partial charge is 0.476 e. The van der Waals surface area contributed by atoms with Crippen molar-refractivity contribution in [3.63, 3.8) is 0 Å². The Morgan fingerprint density at radius 3 is 2.82 bits per heavy atom. The minimum absolute atomic E-state index is 0.0150. The number of benzene rings is 1. The number of carbonyl (C=O) groups is 1. The number of rotatable bonds is 2. The van der Waals surface area contributed by atoms with Crippen LogP contribution in [0.25, 0.3) is 10.6 Å². The van der Waals surface area contributed by atoms with Crippen LogP contribution in [0.15, 0.2) is 22.7 Å². The average Bonchev–Trinajstić information content (AvgIpc) is 2.64. The number of hydrogen-bond acceptors (Lipinski definition) is 3. The molecule has 1 aromatic heterocycles. The van der Waals surface area contributed by atoms with E-state index in [1.54, 1.807) is 13.0 Å². The normalized spacial score (nSPS) is 10.5. The van der Waals surface area contributed by atoms with Crippen LogP contribution in [-0.4, -0.2) is 16.1 Å². The first-order valence-electron chi connectivity index (χ1n) is 4.65. The lowest BCUT2D eigenvalue weighted by atomic mass is 10.2. The monoisotopic (exact) mass is 315 g/mol. The molecule has 1 aromatic carbocycles. The second kappa shape index (κ2) is 4.54. The van der Waals surface area contributed by atoms with E-state index in [-0.39, 0.29) is 11.5 Å². The summed E-state index contributed by atoms with van der Waals surface area (Å²) in [4.78, 5) is 15.5. The Hall–Kier alpha value is -1.27. The molecule has 0 radical (unpaired) electrons. The van der Waals surface area contributed by atoms with Crippen molar-refractivity contribution in [2.75, 3.05) is 0 Å². The Labute approximate surface area is 109 Å². The van der Waals surface area contributed by atoms with Gasteiger partial charge in [0.1, 0.15) is 10.8 Å². The maximum absolute atomic E-state index is 13.1. The highest BCUT2D eigenvalue weighted by Crippen LogP contribution is 2.33. The quantitative estimate of drug-likeness (QED) is 0.919. The van der Waals surface area contributed by atoms with Crippen molar-refractivity contribution in [2.24, 2.45) is 0 Å². The average molecular weight is 316 g/mol. The summed E-state index contributed by atoms with van der Waals surface area (Å²) in [7, 11) is 0. The van der Waals surface area contributed by atoms with Gasteiger partial charge in [0.25, 0.3) is 0 Å². The van der Waals surface area contributed by atoms with Crippen LogP contribution in [0.5, 0.6) is 0 Å². The first-order chi connectivity index (χ1) is 7.99. The number of carboxylic acid groups (broad SMARTS) is 1. The molecule has 0 spiro atoms. The van der Waals surface area contributed by atoms with Gasteiger partial charge in [0.15, 0.2) is 5.69 Å². The predicted octanol–water partition coefficient (Wildman–Crippen LogP) is 3.72. The molecule has 2 aromatic rings. The van der Waals surface area contributed by atoms with Crippen LogP contribution < -0.4 is 0 Å². The van der Waals surface area contributed by atoms with Crippen molar-refractivity contribution in [1.82, 2.24) is 4.98 Å². The maximum atomic E-state index is 13.1. The molecule has 2 rings (SSSR count). The van der Waals surface area contributed by atoms with Crippen LogP contribution in [-0.2, 0) is 0 Å². The summed E-state index contributed by atoms with van der Waals surface area (Å²) in [5.74, 6) is -1.45. The fraction of sp³-hybridized carbons (Fsp3) is 0.0909. The van der Waals surface area contributed by atoms with Crippen molar-refractivity contribution in [3.05, 3.63) is 39.1 Å². The number of aromatic carboxylic acids is 1. The van der Waals surface area contributed by atoms with Gasteiger partial charge in [0.05, 0.1) is 0 Å². The lowest BCUT2D eigenvalue weighted by Gasteiger charge is -1.99. The zero-order valence-electron chi connectivity index (χ0n) is 8.70. The highest BCUT2D eigenvalue weighted by Gasteiger charge is 2.16. The van der Waals surface area contributed by atoms with Crippen molar-refractivity contribution >= 4 is 33.2 Å². The van der Waals surface area contributed by atoms with Crippen molar-refractivity contribution in [1.29, 1.82) is 0 Å². The maximum Gasteiger partial charge on any atom is 0.355 e. The summed E-state index contributed by atoms with van der Waals surface area (Å²) < 4.78 is 13.8. The third-order valence-corrected chi connectivity index (χ3v) is 3.85. The lowest BCUT2D eigenvalue weighted by molar-refractivity contribution is 0.0690. The topological polar surface area (TPSA) is 50.2 Å². The van der Waals surface area contributed by atoms with Crippen molar-refractivity contribution in [3.8, 4) is 10.6 Å². The van der Waals surface area contributed by atoms with E-state index in [0.29, 0.717) is 19.9 Å². The molecular weight excluding hydrogens is 309 g/mol. The smallest absolute Gasteiger partial charge is 0.355 e. The van der Waals surface area contributed by atoms with E-state index in [2.05, 4.69) is 20.9 Å². The van der Waals surface area contributed by atoms with E-state index in [0.717, 1.165) is 0 Å². The number of thiazole rings is 1. The number of carboxylic acids is 1. The summed E-state index contributed by atoms with van der Waals surface area (Å²) in [5.41, 5.74) is 0.576. The van der Waals surface area contributed by atoms with Gasteiger partial charge in [-0.2, -0.15) is 0 Å². The molecule has 0 aliphatic heterocycles. The molecule has 0 saturated carbocycles. The minimum Gasteiger partial charge on any atom is -0.476 e. The van der Waals surface area contributed by atoms with Crippen LogP contribution in [0.1, 0.15) is 15.4 Å². The fourth-order valence-corrected chi connectivity index (χ4v) is 2.87. The van der Waals surface area contributed by atoms with Crippen LogP contribution in [0.3, 0.4) is 0 Å². The molecule has 6 heteroatoms. The van der Waals surface area contributed by atoms with Crippen molar-refractivity contribution < 1.29 is 14.3 Å². The first kappa shape index (κ1) is 12.2. The number of halogens is 2. The van der Waals surface area contributed by atoms with Gasteiger partial charge in [-0.05, 0) is 25.1 Å². The third kappa shape index (κ3) is 2.37. The van der Waals surface area contributed by atoms with E-state index in [4.69, 9.17) is 5.11 Å². The molecule has 0 atom stereocenters. The molecule has 0 fully saturated rings. The Morgan fingerprint density at radius 2 is 2.24 bits per heavy atom. The van der Waals surface area contributed by atoms with Gasteiger partial charge < -0.3 is 5.11 Å². The molecule has 17 heavy (non-hydrogen) atoms. The van der Waals surface area contributed by atoms with E-state index in [9.17, 15) is 9.18 Å². The van der Waals surface area contributed by atoms with Gasteiger partial charge in [-0.1, -0.05) is 15.9 Å². The van der Waals surface area contributed by atoms with E-state index in [1.165, 1.54) is 23.5 Å². The first-order valence-corrected chi connectivity index (χ1v) is 6.26. The molecular formula is C11H7BrFNO2S. The van der Waals surface area contributed by atoms with Gasteiger partial charge in [0, 0.05) is 14.9 Å². The number of nitrogens with zero attached hydrogens (tertiary/aromatic N) is 1. The standard InChI is InChI=1S/C11H7BrFNO2S/c1-5-9(11(15)16)14-10(17-5)7-4-6(13)2-3-8(7)12/h2-4H,1H3,(H,15,16). The summed E-state index contributed by atoms with van der Waals surface area (Å²) in [6.07, 6.45) is 0. The van der Waals surface area contributed by atoms with Gasteiger partial charge in [0.2, 0.25) is 0 Å². The highest BCUT2D eigenvalue weighted by molar-refractivity contribution is 9.10. The van der Waals surface area contributed by atoms with Crippen LogP contribution in [0.4, 0.5) is 4.39 Å². The van der Waals surface area contributed by atoms with Crippen LogP contribution in [0, 0.1) is 12.7 Å². The summed E-state index contributed by atoms with van der Waals surface area (Å²) in [6, 6.07) is 4.22. The second-order valence-electron chi connectivity index (χ2n) is 3.35. The van der Waals surface area contributed by atoms with Gasteiger partial charge >= 0.3 is 5.97 Å². The molecule has 88 valence electrons. The Balaban J connectivity index is 2.57. The number of aromatic nitrogens is 1. The Morgan fingerprint density at radius 1 is 1.53 bits per heavy atom. The molecule has 0 unspecified atom stereocenters. The zero-order valence-corrected chi connectivity index (χ0v) is 11.1. The molecule has 0 aliphatic carbocycles. The van der Waals surface area contributed by atoms with Gasteiger partial charge in [-0.15, -0.1) is 11.3 Å². The highest BCUT2D eigenvalue weighted by atomic mass is 79.9. The minimum atomic E-state index is -1.07. The zero-order chi connectivity index (χ0) is 12.6. The molecule has 0 saturated heterocycles. The fourth-order valence-electron chi connectivity index (χ4n) is 1.37. The molecule has 1 heterocycles. The van der Waals surface area contributed by atoms with Crippen LogP contribution in [0.2, 0.25) is 0 Å². The lowest BCUT2D eigenvalue weighted by Crippen LogP contribution is -1.98. The Bertz CT molecular complexity index is 597. The molecule has 1 N–H and O–H groups in total. The van der Waals surface area contributed by atoms with Gasteiger partial charge in [-0.25, -0.2) is 14.2 Å². The van der Waals surface area contributed by atoms with E-state index < -0.39 is 5.97 Å². The van der Waals surface area contributed by atoms with E-state index in [1.807, 2.05) is 0 Å². The van der Waals surface area contributed by atoms with E-state index >= 15 is 0 Å². The molecule has 0 amide bonds. The van der Waals surface area contributed by atoms with Crippen molar-refractivity contribution in [2.45, 2.75) is 6.92 Å². The second-order valence-corrected chi connectivity index (χ2v) is 5.41. The summed E-state index contributed by atoms with van der Waals surface area (Å²) in [6.45, 7) is 1.68. The Kier molecular flexibility index (Phi) is 3.26. The number of hydrogen-bond donors (Lipinski definition) is 1. The van der Waals surface area contributed by atoms with Crippen LogP contribution >= 0.6 is 27.3 Å². The summed E-state index contributed by atoms with van der Waals surface area (Å²) in [5, 5.41) is 9.40. The molecule has 3 nitrogen and oxygen atoms in total. The summed E-state index contributed by atoms with van der Waals surface area (Å²) >= 11 is 4.52. The number of aryl methyl sites for hydroxylation is 1. The molecule has 0 aliphatic rings. The SMILES string of the molecule is Cc1sc(-c2cc(F)ccc2Br)nc1C(=O)O.